The second kappa shape index (κ2) is 10.6. The number of Topliss-reactive ketones (excluding diaryl/α,β-unsaturated/α-hetero) is 2. The fraction of sp³-hybridized carbons (Fsp3) is 0.424. The molecule has 3 aliphatic carbocycles. The Morgan fingerprint density at radius 1 is 1.02 bits per heavy atom. The summed E-state index contributed by atoms with van der Waals surface area (Å²) in [6.07, 6.45) is 3.99. The number of amides is 1. The monoisotopic (exact) mass is 587 g/mol. The van der Waals surface area contributed by atoms with Gasteiger partial charge in [-0.15, -0.1) is 0 Å². The second-order valence-corrected chi connectivity index (χ2v) is 12.5. The molecule has 1 aliphatic heterocycles. The van der Waals surface area contributed by atoms with Crippen LogP contribution in [0.4, 0.5) is 0 Å². The molecule has 4 aliphatic rings. The van der Waals surface area contributed by atoms with E-state index in [0.29, 0.717) is 5.56 Å². The minimum atomic E-state index is -2.65. The van der Waals surface area contributed by atoms with Crippen LogP contribution in [0, 0.1) is 11.8 Å². The Balaban J connectivity index is 1.41. The summed E-state index contributed by atoms with van der Waals surface area (Å²) in [5.41, 5.74) is 5.23. The number of likely N-dealkylation sites (tertiary alicyclic amines) is 1. The number of phenolic OH excluding ortho intramolecular Hbond substituents is 1. The summed E-state index contributed by atoms with van der Waals surface area (Å²) < 4.78 is 0. The number of nitrogens with zero attached hydrogens (tertiary/aromatic N) is 2. The van der Waals surface area contributed by atoms with Gasteiger partial charge in [0.05, 0.1) is 11.6 Å². The number of aromatic hydroxyl groups is 1. The number of nitrogens with two attached hydrogens (primary N) is 1. The molecule has 0 saturated carbocycles. The summed E-state index contributed by atoms with van der Waals surface area (Å²) in [6, 6.07) is 10.4. The number of likely N-dealkylation sites (N-methyl/N-ethyl adjacent to an activating group) is 1. The fourth-order valence-corrected chi connectivity index (χ4v) is 7.69. The number of piperidine rings is 1. The molecule has 0 spiro atoms. The largest absolute Gasteiger partial charge is 0.510 e. The Hall–Kier alpha value is -3.99. The predicted molar refractivity (Wildman–Crippen MR) is 158 cm³/mol. The van der Waals surface area contributed by atoms with Crippen molar-refractivity contribution in [1.29, 1.82) is 0 Å². The number of aliphatic hydroxyl groups is 3. The average molecular weight is 588 g/mol. The first-order chi connectivity index (χ1) is 20.4. The zero-order valence-electron chi connectivity index (χ0n) is 24.3. The SMILES string of the molecule is CN(C)[C@@H]1C(O)=C(C(N)=O)C(=O)[C@@]2(O)C(O)=C3C(=O)c4c(O)ccc(-c5ccc(CN6CCCCC6)cc5)c4C[C@H]3C[C@@H]12. The standard InChI is InChI=1S/C33H37N3O7/c1-35(2)27-22-15-19-14-21-20(18-8-6-17(7-9-18)16-36-12-4-3-5-13-36)10-11-23(37)25(21)28(38)24(19)30(40)33(22,43)31(41)26(29(27)39)32(34)42/h6-11,19,22,27,37,39-40,43H,3-5,12-16H2,1-2H3,(H2,34,42)/t19-,22-,27-,33-/m0/s1. The summed E-state index contributed by atoms with van der Waals surface area (Å²) >= 11 is 0. The highest BCUT2D eigenvalue weighted by molar-refractivity contribution is 6.24. The second-order valence-electron chi connectivity index (χ2n) is 12.5. The minimum Gasteiger partial charge on any atom is -0.510 e. The zero-order chi connectivity index (χ0) is 30.8. The van der Waals surface area contributed by atoms with E-state index in [0.717, 1.165) is 30.8 Å². The Morgan fingerprint density at radius 3 is 2.33 bits per heavy atom. The molecule has 43 heavy (non-hydrogen) atoms. The molecule has 10 nitrogen and oxygen atoms in total. The topological polar surface area (TPSA) is 165 Å². The molecular formula is C33H37N3O7. The van der Waals surface area contributed by atoms with E-state index >= 15 is 0 Å². The van der Waals surface area contributed by atoms with Crippen LogP contribution in [0.5, 0.6) is 5.75 Å². The van der Waals surface area contributed by atoms with Crippen molar-refractivity contribution in [2.45, 2.75) is 50.3 Å². The molecular weight excluding hydrogens is 550 g/mol. The molecule has 0 aromatic heterocycles. The molecule has 10 heteroatoms. The van der Waals surface area contributed by atoms with Gasteiger partial charge in [0.15, 0.2) is 11.4 Å². The molecule has 1 fully saturated rings. The van der Waals surface area contributed by atoms with Gasteiger partial charge < -0.3 is 26.2 Å². The van der Waals surface area contributed by atoms with E-state index in [1.165, 1.54) is 30.9 Å². The predicted octanol–water partition coefficient (Wildman–Crippen LogP) is 2.77. The van der Waals surface area contributed by atoms with Crippen LogP contribution in [-0.4, -0.2) is 86.5 Å². The number of carbonyl (C=O) groups is 3. The number of rotatable bonds is 5. The Morgan fingerprint density at radius 2 is 1.70 bits per heavy atom. The highest BCUT2D eigenvalue weighted by atomic mass is 16.3. The number of allylic oxidation sites excluding steroid dienone is 1. The summed E-state index contributed by atoms with van der Waals surface area (Å²) in [5, 5.41) is 45.1. The quantitative estimate of drug-likeness (QED) is 0.331. The van der Waals surface area contributed by atoms with Gasteiger partial charge in [-0.3, -0.25) is 24.2 Å². The molecule has 4 atom stereocenters. The maximum absolute atomic E-state index is 14.0. The number of aliphatic hydroxyl groups excluding tert-OH is 2. The molecule has 2 aromatic carbocycles. The maximum atomic E-state index is 14.0. The lowest BCUT2D eigenvalue weighted by atomic mass is 9.58. The normalized spacial score (nSPS) is 27.7. The number of primary amides is 1. The first-order valence-electron chi connectivity index (χ1n) is 14.8. The Bertz CT molecular complexity index is 1590. The van der Waals surface area contributed by atoms with Crippen molar-refractivity contribution in [1.82, 2.24) is 9.80 Å². The van der Waals surface area contributed by atoms with Crippen molar-refractivity contribution < 1.29 is 34.8 Å². The van der Waals surface area contributed by atoms with Crippen molar-refractivity contribution in [2.75, 3.05) is 27.2 Å². The fourth-order valence-electron chi connectivity index (χ4n) is 7.69. The first-order valence-corrected chi connectivity index (χ1v) is 14.8. The van der Waals surface area contributed by atoms with Crippen LogP contribution >= 0.6 is 0 Å². The van der Waals surface area contributed by atoms with E-state index in [-0.39, 0.29) is 29.7 Å². The third-order valence-electron chi connectivity index (χ3n) is 9.73. The Labute approximate surface area is 249 Å². The first kappa shape index (κ1) is 29.1. The molecule has 226 valence electrons. The number of fused-ring (bicyclic) bond motifs is 3. The lowest BCUT2D eigenvalue weighted by Crippen LogP contribution is -2.63. The average Bonchev–Trinajstić information content (AvgIpc) is 2.96. The van der Waals surface area contributed by atoms with Crippen LogP contribution in [0.15, 0.2) is 59.1 Å². The van der Waals surface area contributed by atoms with E-state index in [4.69, 9.17) is 5.73 Å². The van der Waals surface area contributed by atoms with Gasteiger partial charge in [0.2, 0.25) is 5.78 Å². The van der Waals surface area contributed by atoms with Gasteiger partial charge in [-0.1, -0.05) is 36.8 Å². The number of ketones is 2. The van der Waals surface area contributed by atoms with E-state index < -0.39 is 58.0 Å². The summed E-state index contributed by atoms with van der Waals surface area (Å²) in [5.74, 6) is -6.58. The molecule has 6 N–H and O–H groups in total. The van der Waals surface area contributed by atoms with E-state index in [1.54, 1.807) is 25.1 Å². The number of phenols is 1. The van der Waals surface area contributed by atoms with Gasteiger partial charge >= 0.3 is 0 Å². The number of carbonyl (C=O) groups excluding carboxylic acids is 3. The lowest BCUT2D eigenvalue weighted by Gasteiger charge is -2.50. The van der Waals surface area contributed by atoms with Gasteiger partial charge in [0.1, 0.15) is 22.8 Å². The smallest absolute Gasteiger partial charge is 0.255 e. The molecule has 1 amide bonds. The molecule has 1 saturated heterocycles. The number of hydrogen-bond donors (Lipinski definition) is 5. The Kier molecular flexibility index (Phi) is 7.19. The van der Waals surface area contributed by atoms with Crippen molar-refractivity contribution in [3.8, 4) is 16.9 Å². The van der Waals surface area contributed by atoms with Crippen LogP contribution in [0.1, 0.15) is 47.2 Å². The van der Waals surface area contributed by atoms with E-state index in [9.17, 15) is 34.8 Å². The molecule has 1 heterocycles. The van der Waals surface area contributed by atoms with Crippen molar-refractivity contribution in [3.05, 3.63) is 75.8 Å². The molecule has 0 radical (unpaired) electrons. The maximum Gasteiger partial charge on any atom is 0.255 e. The van der Waals surface area contributed by atoms with E-state index in [2.05, 4.69) is 17.0 Å². The molecule has 0 unspecified atom stereocenters. The third-order valence-corrected chi connectivity index (χ3v) is 9.73. The lowest BCUT2D eigenvalue weighted by molar-refractivity contribution is -0.148. The van der Waals surface area contributed by atoms with Gasteiger partial charge in [-0.2, -0.15) is 0 Å². The van der Waals surface area contributed by atoms with E-state index in [1.807, 2.05) is 12.1 Å². The summed E-state index contributed by atoms with van der Waals surface area (Å²) in [4.78, 5) is 43.6. The zero-order valence-corrected chi connectivity index (χ0v) is 24.3. The molecule has 2 aromatic rings. The summed E-state index contributed by atoms with van der Waals surface area (Å²) in [7, 11) is 3.22. The van der Waals surface area contributed by atoms with Crippen molar-refractivity contribution >= 4 is 17.5 Å². The van der Waals surface area contributed by atoms with Gasteiger partial charge in [-0.05, 0) is 87.1 Å². The molecule has 0 bridgehead atoms. The third kappa shape index (κ3) is 4.47. The van der Waals surface area contributed by atoms with Gasteiger partial charge in [-0.25, -0.2) is 0 Å². The van der Waals surface area contributed by atoms with Crippen LogP contribution in [0.25, 0.3) is 11.1 Å². The van der Waals surface area contributed by atoms with Crippen LogP contribution in [-0.2, 0) is 22.6 Å². The highest BCUT2D eigenvalue weighted by Gasteiger charge is 2.63. The highest BCUT2D eigenvalue weighted by Crippen LogP contribution is 2.53. The summed E-state index contributed by atoms with van der Waals surface area (Å²) in [6.45, 7) is 3.05. The van der Waals surface area contributed by atoms with Gasteiger partial charge in [0, 0.05) is 18.0 Å². The number of hydrogen-bond acceptors (Lipinski definition) is 9. The minimum absolute atomic E-state index is 0.00988. The van der Waals surface area contributed by atoms with Crippen LogP contribution in [0.3, 0.4) is 0 Å². The van der Waals surface area contributed by atoms with Crippen LogP contribution in [0.2, 0.25) is 0 Å². The van der Waals surface area contributed by atoms with Gasteiger partial charge in [0.25, 0.3) is 5.91 Å². The molecule has 6 rings (SSSR count). The number of benzene rings is 2. The van der Waals surface area contributed by atoms with Crippen molar-refractivity contribution in [3.63, 3.8) is 0 Å². The van der Waals surface area contributed by atoms with Crippen LogP contribution < -0.4 is 5.73 Å². The van der Waals surface area contributed by atoms with Crippen molar-refractivity contribution in [2.24, 2.45) is 17.6 Å².